The normalized spacial score (nSPS) is 13.9. The molecule has 8 heteroatoms. The number of rotatable bonds is 11. The lowest BCUT2D eigenvalue weighted by Gasteiger charge is -2.36. The fourth-order valence-corrected chi connectivity index (χ4v) is 5.36. The third kappa shape index (κ3) is 6.51. The van der Waals surface area contributed by atoms with Crippen molar-refractivity contribution in [1.82, 2.24) is 4.90 Å². The van der Waals surface area contributed by atoms with Gasteiger partial charge in [-0.2, -0.15) is 0 Å². The number of methoxy groups -OCH3 is 2. The molecule has 3 N–H and O–H groups in total. The number of ether oxygens (including phenoxy) is 2. The van der Waals surface area contributed by atoms with Crippen LogP contribution in [0.5, 0.6) is 11.5 Å². The van der Waals surface area contributed by atoms with E-state index >= 15 is 0 Å². The molecule has 0 unspecified atom stereocenters. The fourth-order valence-electron chi connectivity index (χ4n) is 5.36. The molecule has 1 saturated heterocycles. The first kappa shape index (κ1) is 27.4. The smallest absolute Gasteiger partial charge is 0.193 e. The van der Waals surface area contributed by atoms with E-state index in [1.165, 1.54) is 11.3 Å². The van der Waals surface area contributed by atoms with Gasteiger partial charge < -0.3 is 29.4 Å². The van der Waals surface area contributed by atoms with Crippen LogP contribution in [0.4, 0.5) is 11.4 Å². The van der Waals surface area contributed by atoms with Crippen LogP contribution in [-0.4, -0.2) is 57.8 Å². The maximum absolute atomic E-state index is 8.28. The van der Waals surface area contributed by atoms with Crippen molar-refractivity contribution in [3.8, 4) is 11.5 Å². The first-order chi connectivity index (χ1) is 19.5. The second-order valence-electron chi connectivity index (χ2n) is 10.2. The van der Waals surface area contributed by atoms with Gasteiger partial charge in [-0.05, 0) is 79.9 Å². The minimum absolute atomic E-state index is 0.0512. The first-order valence-corrected chi connectivity index (χ1v) is 13.9. The summed E-state index contributed by atoms with van der Waals surface area (Å²) in [6.45, 7) is 5.69. The van der Waals surface area contributed by atoms with Crippen molar-refractivity contribution in [2.45, 2.75) is 25.8 Å². The summed E-state index contributed by atoms with van der Waals surface area (Å²) < 4.78 is 16.9. The summed E-state index contributed by atoms with van der Waals surface area (Å²) >= 11 is 0. The molecule has 1 aliphatic heterocycles. The molecule has 0 atom stereocenters. The lowest BCUT2D eigenvalue weighted by molar-refractivity contribution is 0.253. The van der Waals surface area contributed by atoms with Gasteiger partial charge in [0.05, 0.1) is 26.5 Å². The molecule has 0 aliphatic carbocycles. The van der Waals surface area contributed by atoms with E-state index in [9.17, 15) is 0 Å². The Balaban J connectivity index is 1.14. The Morgan fingerprint density at radius 2 is 1.70 bits per heavy atom. The zero-order valence-electron chi connectivity index (χ0n) is 23.4. The second kappa shape index (κ2) is 12.8. The maximum Gasteiger partial charge on any atom is 0.193 e. The number of unbranched alkanes of at least 4 members (excludes halogenated alkanes) is 1. The summed E-state index contributed by atoms with van der Waals surface area (Å²) in [4.78, 5) is 6.74. The molecule has 40 heavy (non-hydrogen) atoms. The molecule has 0 radical (unpaired) electrons. The van der Waals surface area contributed by atoms with Crippen molar-refractivity contribution in [2.75, 3.05) is 56.7 Å². The summed E-state index contributed by atoms with van der Waals surface area (Å²) in [5.41, 5.74) is 10.1. The van der Waals surface area contributed by atoms with E-state index in [0.29, 0.717) is 12.3 Å². The van der Waals surface area contributed by atoms with E-state index < -0.39 is 0 Å². The van der Waals surface area contributed by atoms with Crippen LogP contribution in [0.1, 0.15) is 24.2 Å². The zero-order chi connectivity index (χ0) is 27.9. The molecule has 0 spiro atoms. The van der Waals surface area contributed by atoms with E-state index in [2.05, 4.69) is 34.1 Å². The third-order valence-electron chi connectivity index (χ3n) is 7.62. The summed E-state index contributed by atoms with van der Waals surface area (Å²) in [6.07, 6.45) is 3.19. The van der Waals surface area contributed by atoms with Crippen LogP contribution < -0.4 is 25.0 Å². The molecule has 1 fully saturated rings. The van der Waals surface area contributed by atoms with Gasteiger partial charge in [0, 0.05) is 37.3 Å². The van der Waals surface area contributed by atoms with Gasteiger partial charge in [-0.1, -0.05) is 24.3 Å². The Morgan fingerprint density at radius 1 is 0.925 bits per heavy atom. The van der Waals surface area contributed by atoms with Gasteiger partial charge in [0.1, 0.15) is 22.8 Å². The number of guanidine groups is 1. The standard InChI is InChI=1S/C32H39N5O3/c1-38-27-13-11-26(12-14-27)36-19-17-35(18-20-36)16-6-5-7-24-10-15-31(39-2)29(21-24)37(32(33)34)23-28-22-25-8-3-4-9-30(25)40-28/h3-4,8-15,21-22H,5-7,16-20,23H2,1-2H3,(H3,33,34). The van der Waals surface area contributed by atoms with Crippen molar-refractivity contribution in [3.05, 3.63) is 84.1 Å². The highest BCUT2D eigenvalue weighted by Gasteiger charge is 2.19. The van der Waals surface area contributed by atoms with Crippen LogP contribution in [0.15, 0.2) is 77.2 Å². The average molecular weight is 542 g/mol. The molecule has 4 aromatic rings. The average Bonchev–Trinajstić information content (AvgIpc) is 3.41. The highest BCUT2D eigenvalue weighted by molar-refractivity contribution is 5.94. The number of para-hydroxylation sites is 1. The monoisotopic (exact) mass is 541 g/mol. The number of benzene rings is 3. The number of piperazine rings is 1. The van der Waals surface area contributed by atoms with E-state index in [0.717, 1.165) is 80.2 Å². The predicted octanol–water partition coefficient (Wildman–Crippen LogP) is 5.49. The Hall–Kier alpha value is -4.17. The molecule has 1 aromatic heterocycles. The number of nitrogens with two attached hydrogens (primary N) is 1. The number of furan rings is 1. The Labute approximate surface area is 236 Å². The Morgan fingerprint density at radius 3 is 2.40 bits per heavy atom. The van der Waals surface area contributed by atoms with Gasteiger partial charge in [-0.3, -0.25) is 10.3 Å². The Bertz CT molecular complexity index is 1380. The fraction of sp³-hybridized carbons (Fsp3) is 0.344. The number of nitrogens with one attached hydrogen (secondary N) is 1. The molecule has 5 rings (SSSR count). The van der Waals surface area contributed by atoms with Gasteiger partial charge in [0.2, 0.25) is 0 Å². The van der Waals surface area contributed by atoms with E-state index in [4.69, 9.17) is 25.0 Å². The molecule has 210 valence electrons. The highest BCUT2D eigenvalue weighted by Crippen LogP contribution is 2.32. The van der Waals surface area contributed by atoms with Gasteiger partial charge in [-0.15, -0.1) is 0 Å². The molecule has 8 nitrogen and oxygen atoms in total. The van der Waals surface area contributed by atoms with Crippen molar-refractivity contribution < 1.29 is 13.9 Å². The molecular weight excluding hydrogens is 502 g/mol. The minimum Gasteiger partial charge on any atom is -0.497 e. The van der Waals surface area contributed by atoms with Crippen LogP contribution in [-0.2, 0) is 13.0 Å². The molecule has 2 heterocycles. The molecular formula is C32H39N5O3. The van der Waals surface area contributed by atoms with Gasteiger partial charge in [0.15, 0.2) is 5.96 Å². The molecule has 0 amide bonds. The topological polar surface area (TPSA) is 91.2 Å². The summed E-state index contributed by atoms with van der Waals surface area (Å²) in [5.74, 6) is 2.27. The highest BCUT2D eigenvalue weighted by atomic mass is 16.5. The van der Waals surface area contributed by atoms with Crippen molar-refractivity contribution in [3.63, 3.8) is 0 Å². The molecule has 3 aromatic carbocycles. The molecule has 1 aliphatic rings. The summed E-state index contributed by atoms with van der Waals surface area (Å²) in [6, 6.07) is 24.4. The van der Waals surface area contributed by atoms with Crippen LogP contribution in [0.3, 0.4) is 0 Å². The minimum atomic E-state index is -0.0512. The number of aryl methyl sites for hydroxylation is 1. The summed E-state index contributed by atoms with van der Waals surface area (Å²) in [5, 5.41) is 9.31. The lowest BCUT2D eigenvalue weighted by atomic mass is 10.1. The zero-order valence-corrected chi connectivity index (χ0v) is 23.4. The largest absolute Gasteiger partial charge is 0.497 e. The predicted molar refractivity (Wildman–Crippen MR) is 162 cm³/mol. The lowest BCUT2D eigenvalue weighted by Crippen LogP contribution is -2.46. The van der Waals surface area contributed by atoms with Crippen LogP contribution in [0.2, 0.25) is 0 Å². The van der Waals surface area contributed by atoms with Crippen molar-refractivity contribution in [1.29, 1.82) is 5.41 Å². The first-order valence-electron chi connectivity index (χ1n) is 13.9. The quantitative estimate of drug-likeness (QED) is 0.147. The van der Waals surface area contributed by atoms with Crippen molar-refractivity contribution >= 4 is 28.3 Å². The van der Waals surface area contributed by atoms with Gasteiger partial charge in [0.25, 0.3) is 0 Å². The van der Waals surface area contributed by atoms with Gasteiger partial charge >= 0.3 is 0 Å². The SMILES string of the molecule is COc1ccc(N2CCN(CCCCc3ccc(OC)c(N(Cc4cc5ccccc5o4)C(=N)N)c3)CC2)cc1. The van der Waals surface area contributed by atoms with Crippen molar-refractivity contribution in [2.24, 2.45) is 5.73 Å². The molecule has 0 bridgehead atoms. The number of fused-ring (bicyclic) bond motifs is 1. The number of hydrogen-bond acceptors (Lipinski definition) is 6. The van der Waals surface area contributed by atoms with E-state index in [1.807, 2.05) is 48.5 Å². The summed E-state index contributed by atoms with van der Waals surface area (Å²) in [7, 11) is 3.35. The Kier molecular flexibility index (Phi) is 8.76. The van der Waals surface area contributed by atoms with E-state index in [1.54, 1.807) is 19.1 Å². The second-order valence-corrected chi connectivity index (χ2v) is 10.2. The maximum atomic E-state index is 8.28. The number of nitrogens with zero attached hydrogens (tertiary/aromatic N) is 3. The van der Waals surface area contributed by atoms with Gasteiger partial charge in [-0.25, -0.2) is 0 Å². The van der Waals surface area contributed by atoms with Crippen LogP contribution >= 0.6 is 0 Å². The number of anilines is 2. The number of hydrogen-bond donors (Lipinski definition) is 2. The van der Waals surface area contributed by atoms with E-state index in [-0.39, 0.29) is 5.96 Å². The van der Waals surface area contributed by atoms with Crippen LogP contribution in [0, 0.1) is 5.41 Å². The van der Waals surface area contributed by atoms with Crippen LogP contribution in [0.25, 0.3) is 11.0 Å². The molecule has 0 saturated carbocycles. The third-order valence-corrected chi connectivity index (χ3v) is 7.62.